The van der Waals surface area contributed by atoms with Crippen LogP contribution >= 0.6 is 0 Å². The van der Waals surface area contributed by atoms with Crippen LogP contribution in [0.2, 0.25) is 0 Å². The van der Waals surface area contributed by atoms with Crippen molar-refractivity contribution in [2.24, 2.45) is 11.5 Å². The van der Waals surface area contributed by atoms with E-state index in [4.69, 9.17) is 11.5 Å². The van der Waals surface area contributed by atoms with Crippen molar-refractivity contribution in [3.63, 3.8) is 0 Å². The molecule has 0 amide bonds. The van der Waals surface area contributed by atoms with Crippen molar-refractivity contribution in [3.8, 4) is 0 Å². The average molecular weight is 197 g/mol. The highest BCUT2D eigenvalue weighted by Crippen LogP contribution is 2.12. The maximum Gasteiger partial charge on any atom is 0.0987 e. The van der Waals surface area contributed by atoms with Gasteiger partial charge in [-0.15, -0.1) is 0 Å². The summed E-state index contributed by atoms with van der Waals surface area (Å²) in [5, 5.41) is 9.31. The standard InChI is InChI=1S/C10H19N3O/c1-8(11)2-3-10(12)13-6-4-9(14)5-7-13/h2-3,9,14H,4-7,11-12H2,1H3/b8-2-,10-3+. The van der Waals surface area contributed by atoms with Crippen LogP contribution in [-0.2, 0) is 0 Å². The number of rotatable bonds is 2. The van der Waals surface area contributed by atoms with Gasteiger partial charge in [-0.1, -0.05) is 0 Å². The summed E-state index contributed by atoms with van der Waals surface area (Å²) in [7, 11) is 0. The minimum atomic E-state index is -0.161. The first-order valence-corrected chi connectivity index (χ1v) is 4.92. The highest BCUT2D eigenvalue weighted by atomic mass is 16.3. The van der Waals surface area contributed by atoms with Gasteiger partial charge in [-0.05, 0) is 31.9 Å². The van der Waals surface area contributed by atoms with Crippen LogP contribution in [0.25, 0.3) is 0 Å². The zero-order valence-corrected chi connectivity index (χ0v) is 8.61. The van der Waals surface area contributed by atoms with Crippen molar-refractivity contribution in [1.82, 2.24) is 4.90 Å². The molecule has 5 N–H and O–H groups in total. The van der Waals surface area contributed by atoms with Gasteiger partial charge in [0, 0.05) is 18.8 Å². The molecule has 0 aliphatic carbocycles. The molecule has 0 radical (unpaired) electrons. The number of likely N-dealkylation sites (tertiary alicyclic amines) is 1. The zero-order chi connectivity index (χ0) is 10.6. The molecule has 80 valence electrons. The van der Waals surface area contributed by atoms with Gasteiger partial charge in [-0.3, -0.25) is 0 Å². The number of hydrogen-bond acceptors (Lipinski definition) is 4. The Hall–Kier alpha value is -1.16. The molecule has 0 aromatic heterocycles. The monoisotopic (exact) mass is 197 g/mol. The number of nitrogens with two attached hydrogens (primary N) is 2. The van der Waals surface area contributed by atoms with Gasteiger partial charge in [0.1, 0.15) is 0 Å². The second-order valence-electron chi connectivity index (χ2n) is 3.72. The highest BCUT2D eigenvalue weighted by Gasteiger charge is 2.16. The molecule has 4 nitrogen and oxygen atoms in total. The Balaban J connectivity index is 2.49. The summed E-state index contributed by atoms with van der Waals surface area (Å²) in [6.07, 6.45) is 5.03. The first-order chi connectivity index (χ1) is 6.59. The molecule has 0 atom stereocenters. The van der Waals surface area contributed by atoms with Gasteiger partial charge < -0.3 is 21.5 Å². The van der Waals surface area contributed by atoms with Gasteiger partial charge in [-0.25, -0.2) is 0 Å². The normalized spacial score (nSPS) is 21.4. The van der Waals surface area contributed by atoms with Gasteiger partial charge in [0.05, 0.1) is 11.9 Å². The number of aliphatic hydroxyl groups excluding tert-OH is 1. The van der Waals surface area contributed by atoms with E-state index in [1.807, 2.05) is 13.0 Å². The van der Waals surface area contributed by atoms with Crippen LogP contribution in [0.4, 0.5) is 0 Å². The SMILES string of the molecule is C/C(N)=C/C=C(\N)N1CCC(O)CC1. The van der Waals surface area contributed by atoms with Crippen LogP contribution < -0.4 is 11.5 Å². The quantitative estimate of drug-likeness (QED) is 0.549. The largest absolute Gasteiger partial charge is 0.402 e. The first-order valence-electron chi connectivity index (χ1n) is 4.92. The predicted molar refractivity (Wildman–Crippen MR) is 57.0 cm³/mol. The maximum absolute atomic E-state index is 9.31. The van der Waals surface area contributed by atoms with Crippen LogP contribution in [0.15, 0.2) is 23.7 Å². The van der Waals surface area contributed by atoms with Crippen LogP contribution in [0.3, 0.4) is 0 Å². The lowest BCUT2D eigenvalue weighted by Gasteiger charge is -2.31. The molecule has 0 aromatic carbocycles. The maximum atomic E-state index is 9.31. The molecular weight excluding hydrogens is 178 g/mol. The number of nitrogens with zero attached hydrogens (tertiary/aromatic N) is 1. The summed E-state index contributed by atoms with van der Waals surface area (Å²) in [5.41, 5.74) is 12.1. The van der Waals surface area contributed by atoms with Crippen molar-refractivity contribution in [1.29, 1.82) is 0 Å². The molecule has 1 saturated heterocycles. The number of piperidine rings is 1. The lowest BCUT2D eigenvalue weighted by molar-refractivity contribution is 0.0965. The fraction of sp³-hybridized carbons (Fsp3) is 0.600. The molecule has 1 fully saturated rings. The second kappa shape index (κ2) is 4.91. The molecule has 1 heterocycles. The van der Waals surface area contributed by atoms with Gasteiger partial charge >= 0.3 is 0 Å². The third-order valence-electron chi connectivity index (χ3n) is 2.35. The summed E-state index contributed by atoms with van der Waals surface area (Å²) < 4.78 is 0. The Bertz CT molecular complexity index is 236. The third kappa shape index (κ3) is 3.30. The first kappa shape index (κ1) is 10.9. The fourth-order valence-corrected chi connectivity index (χ4v) is 1.45. The van der Waals surface area contributed by atoms with Crippen molar-refractivity contribution in [2.75, 3.05) is 13.1 Å². The molecule has 14 heavy (non-hydrogen) atoms. The van der Waals surface area contributed by atoms with Crippen LogP contribution in [-0.4, -0.2) is 29.2 Å². The van der Waals surface area contributed by atoms with Crippen molar-refractivity contribution in [2.45, 2.75) is 25.9 Å². The van der Waals surface area contributed by atoms with Gasteiger partial charge in [0.15, 0.2) is 0 Å². The Morgan fingerprint density at radius 1 is 1.29 bits per heavy atom. The predicted octanol–water partition coefficient (Wildman–Crippen LogP) is 0.106. The molecule has 1 aliphatic heterocycles. The molecule has 4 heteroatoms. The lowest BCUT2D eigenvalue weighted by atomic mass is 10.1. The van der Waals surface area contributed by atoms with Crippen molar-refractivity contribution >= 4 is 0 Å². The Morgan fingerprint density at radius 3 is 2.36 bits per heavy atom. The van der Waals surface area contributed by atoms with E-state index in [1.165, 1.54) is 0 Å². The van der Waals surface area contributed by atoms with Gasteiger partial charge in [0.2, 0.25) is 0 Å². The van der Waals surface area contributed by atoms with E-state index < -0.39 is 0 Å². The van der Waals surface area contributed by atoms with E-state index in [0.717, 1.165) is 37.4 Å². The van der Waals surface area contributed by atoms with E-state index in [1.54, 1.807) is 6.08 Å². The topological polar surface area (TPSA) is 75.5 Å². The van der Waals surface area contributed by atoms with Gasteiger partial charge in [0.25, 0.3) is 0 Å². The van der Waals surface area contributed by atoms with Crippen LogP contribution in [0.5, 0.6) is 0 Å². The Kier molecular flexibility index (Phi) is 3.83. The summed E-state index contributed by atoms with van der Waals surface area (Å²) in [5.74, 6) is 0.724. The average Bonchev–Trinajstić information content (AvgIpc) is 2.15. The number of hydrogen-bond donors (Lipinski definition) is 3. The molecule has 0 bridgehead atoms. The third-order valence-corrected chi connectivity index (χ3v) is 2.35. The van der Waals surface area contributed by atoms with Gasteiger partial charge in [-0.2, -0.15) is 0 Å². The zero-order valence-electron chi connectivity index (χ0n) is 8.61. The van der Waals surface area contributed by atoms with E-state index in [0.29, 0.717) is 0 Å². The lowest BCUT2D eigenvalue weighted by Crippen LogP contribution is -2.37. The molecule has 0 unspecified atom stereocenters. The van der Waals surface area contributed by atoms with Crippen molar-refractivity contribution in [3.05, 3.63) is 23.7 Å². The van der Waals surface area contributed by atoms with E-state index in [2.05, 4.69) is 4.90 Å². The summed E-state index contributed by atoms with van der Waals surface area (Å²) in [4.78, 5) is 2.06. The fourth-order valence-electron chi connectivity index (χ4n) is 1.45. The smallest absolute Gasteiger partial charge is 0.0987 e. The highest BCUT2D eigenvalue weighted by molar-refractivity contribution is 5.12. The minimum Gasteiger partial charge on any atom is -0.402 e. The molecule has 0 saturated carbocycles. The number of aliphatic hydroxyl groups is 1. The molecule has 0 spiro atoms. The van der Waals surface area contributed by atoms with E-state index in [-0.39, 0.29) is 6.10 Å². The summed E-state index contributed by atoms with van der Waals surface area (Å²) >= 11 is 0. The molecule has 0 aromatic rings. The summed E-state index contributed by atoms with van der Waals surface area (Å²) in [6, 6.07) is 0. The van der Waals surface area contributed by atoms with E-state index in [9.17, 15) is 5.11 Å². The summed E-state index contributed by atoms with van der Waals surface area (Å²) in [6.45, 7) is 3.46. The molecule has 1 aliphatic rings. The molecule has 1 rings (SSSR count). The van der Waals surface area contributed by atoms with Crippen LogP contribution in [0.1, 0.15) is 19.8 Å². The van der Waals surface area contributed by atoms with Crippen LogP contribution in [0, 0.1) is 0 Å². The van der Waals surface area contributed by atoms with E-state index >= 15 is 0 Å². The Morgan fingerprint density at radius 2 is 1.86 bits per heavy atom. The number of allylic oxidation sites excluding steroid dienone is 3. The molecular formula is C10H19N3O. The second-order valence-corrected chi connectivity index (χ2v) is 3.72. The Labute approximate surface area is 84.9 Å². The van der Waals surface area contributed by atoms with Crippen molar-refractivity contribution < 1.29 is 5.11 Å². The minimum absolute atomic E-state index is 0.161.